The van der Waals surface area contributed by atoms with Crippen molar-refractivity contribution in [2.45, 2.75) is 55.2 Å². The van der Waals surface area contributed by atoms with Crippen LogP contribution in [0.2, 0.25) is 0 Å². The number of nitrogens with one attached hydrogen (secondary N) is 1. The molecule has 2 aromatic carbocycles. The maximum Gasteiger partial charge on any atom is 0.272 e. The third-order valence-electron chi connectivity index (χ3n) is 7.74. The maximum absolute atomic E-state index is 12.5. The SMILES string of the molecule is CC1(C)[C@H]2C[C@H](NC(=O)C(Cl)(Cl)Cl)[C@@](O)(CN(Cc3ccccc3)Cc3ccccc3)[C@@H]1C2. The van der Waals surface area contributed by atoms with Crippen LogP contribution >= 0.6 is 34.8 Å². The van der Waals surface area contributed by atoms with Crippen LogP contribution in [0.3, 0.4) is 0 Å². The van der Waals surface area contributed by atoms with E-state index in [1.807, 2.05) is 36.4 Å². The number of rotatable bonds is 7. The Morgan fingerprint density at radius 3 is 1.97 bits per heavy atom. The molecule has 33 heavy (non-hydrogen) atoms. The maximum atomic E-state index is 12.5. The highest BCUT2D eigenvalue weighted by atomic mass is 35.6. The van der Waals surface area contributed by atoms with Crippen molar-refractivity contribution in [1.82, 2.24) is 10.2 Å². The molecule has 4 nitrogen and oxygen atoms in total. The highest BCUT2D eigenvalue weighted by molar-refractivity contribution is 6.76. The van der Waals surface area contributed by atoms with Crippen molar-refractivity contribution < 1.29 is 9.90 Å². The van der Waals surface area contributed by atoms with E-state index in [0.717, 1.165) is 6.42 Å². The molecule has 2 aromatic rings. The zero-order chi connectivity index (χ0) is 23.9. The summed E-state index contributed by atoms with van der Waals surface area (Å²) in [7, 11) is 0. The standard InChI is InChI=1S/C26H31Cl3N2O2/c1-24(2)20-13-21(24)25(33,22(14-20)30-23(32)26(27,28)29)17-31(15-18-9-5-3-6-10-18)16-19-11-7-4-8-12-19/h3-12,20-22,33H,13-17H2,1-2H3,(H,30,32)/t20-,21-,22+,25-/m1/s1. The molecule has 0 heterocycles. The second kappa shape index (κ2) is 9.39. The van der Waals surface area contributed by atoms with Crippen LogP contribution in [0.15, 0.2) is 60.7 Å². The highest BCUT2D eigenvalue weighted by Gasteiger charge is 2.65. The minimum atomic E-state index is -2.06. The van der Waals surface area contributed by atoms with Crippen molar-refractivity contribution in [2.24, 2.45) is 17.3 Å². The van der Waals surface area contributed by atoms with Gasteiger partial charge in [0.05, 0.1) is 6.04 Å². The first-order chi connectivity index (χ1) is 15.5. The minimum Gasteiger partial charge on any atom is -0.386 e. The van der Waals surface area contributed by atoms with Gasteiger partial charge in [0, 0.05) is 19.6 Å². The van der Waals surface area contributed by atoms with Gasteiger partial charge in [-0.15, -0.1) is 0 Å². The number of carbonyl (C=O) groups is 1. The minimum absolute atomic E-state index is 0.0128. The molecule has 0 unspecified atom stereocenters. The van der Waals surface area contributed by atoms with Crippen LogP contribution < -0.4 is 5.32 Å². The number of hydrogen-bond acceptors (Lipinski definition) is 3. The third kappa shape index (κ3) is 5.21. The summed E-state index contributed by atoms with van der Waals surface area (Å²) in [6, 6.07) is 20.0. The topological polar surface area (TPSA) is 52.6 Å². The Hall–Kier alpha value is -1.30. The van der Waals surface area contributed by atoms with Crippen molar-refractivity contribution in [2.75, 3.05) is 6.54 Å². The van der Waals surface area contributed by atoms with E-state index < -0.39 is 21.3 Å². The Morgan fingerprint density at radius 1 is 1.00 bits per heavy atom. The number of hydrogen-bond donors (Lipinski definition) is 2. The van der Waals surface area contributed by atoms with Gasteiger partial charge in [-0.05, 0) is 41.2 Å². The third-order valence-corrected chi connectivity index (χ3v) is 8.25. The second-order valence-electron chi connectivity index (χ2n) is 10.2. The Morgan fingerprint density at radius 2 is 1.52 bits per heavy atom. The van der Waals surface area contributed by atoms with E-state index in [4.69, 9.17) is 34.8 Å². The first kappa shape index (κ1) is 24.8. The zero-order valence-electron chi connectivity index (χ0n) is 19.0. The molecule has 3 fully saturated rings. The molecule has 178 valence electrons. The predicted molar refractivity (Wildman–Crippen MR) is 134 cm³/mol. The van der Waals surface area contributed by atoms with Crippen LogP contribution in [-0.4, -0.2) is 37.9 Å². The molecular weight excluding hydrogens is 479 g/mol. The van der Waals surface area contributed by atoms with Gasteiger partial charge < -0.3 is 10.4 Å². The van der Waals surface area contributed by atoms with Gasteiger partial charge in [0.15, 0.2) is 0 Å². The number of carbonyl (C=O) groups excluding carboxylic acids is 1. The van der Waals surface area contributed by atoms with Crippen LogP contribution in [0.5, 0.6) is 0 Å². The quantitative estimate of drug-likeness (QED) is 0.495. The summed E-state index contributed by atoms with van der Waals surface area (Å²) < 4.78 is -2.06. The normalized spacial score (nSPS) is 28.3. The first-order valence-electron chi connectivity index (χ1n) is 11.4. The largest absolute Gasteiger partial charge is 0.386 e. The Bertz CT molecular complexity index is 923. The summed E-state index contributed by atoms with van der Waals surface area (Å²) in [5.74, 6) is -0.230. The molecule has 3 aliphatic carbocycles. The predicted octanol–water partition coefficient (Wildman–Crippen LogP) is 5.34. The number of aliphatic hydroxyl groups is 1. The molecule has 4 atom stereocenters. The molecule has 0 aliphatic heterocycles. The Balaban J connectivity index is 1.63. The van der Waals surface area contributed by atoms with Gasteiger partial charge in [-0.1, -0.05) is 109 Å². The number of halogens is 3. The van der Waals surface area contributed by atoms with Gasteiger partial charge in [0.2, 0.25) is 0 Å². The van der Waals surface area contributed by atoms with Gasteiger partial charge in [-0.25, -0.2) is 0 Å². The van der Waals surface area contributed by atoms with E-state index in [1.54, 1.807) is 0 Å². The van der Waals surface area contributed by atoms with E-state index in [1.165, 1.54) is 11.1 Å². The molecular formula is C26H31Cl3N2O2. The van der Waals surface area contributed by atoms with Gasteiger partial charge in [0.25, 0.3) is 9.70 Å². The van der Waals surface area contributed by atoms with E-state index in [2.05, 4.69) is 48.3 Å². The average Bonchev–Trinajstić information content (AvgIpc) is 2.75. The number of amides is 1. The van der Waals surface area contributed by atoms with Crippen LogP contribution in [0, 0.1) is 17.3 Å². The lowest BCUT2D eigenvalue weighted by molar-refractivity contribution is -0.225. The van der Waals surface area contributed by atoms with Crippen molar-refractivity contribution in [3.8, 4) is 0 Å². The number of nitrogens with zero attached hydrogens (tertiary/aromatic N) is 1. The average molecular weight is 510 g/mol. The lowest BCUT2D eigenvalue weighted by Gasteiger charge is -2.66. The Labute approximate surface area is 211 Å². The lowest BCUT2D eigenvalue weighted by atomic mass is 9.42. The van der Waals surface area contributed by atoms with Gasteiger partial charge >= 0.3 is 0 Å². The summed E-state index contributed by atoms with van der Waals surface area (Å²) >= 11 is 17.5. The zero-order valence-corrected chi connectivity index (χ0v) is 21.2. The molecule has 5 rings (SSSR count). The summed E-state index contributed by atoms with van der Waals surface area (Å²) in [6.07, 6.45) is 1.60. The molecule has 0 radical (unpaired) electrons. The molecule has 2 N–H and O–H groups in total. The monoisotopic (exact) mass is 508 g/mol. The van der Waals surface area contributed by atoms with Crippen LogP contribution in [-0.2, 0) is 17.9 Å². The molecule has 0 saturated heterocycles. The molecule has 2 bridgehead atoms. The van der Waals surface area contributed by atoms with E-state index in [-0.39, 0.29) is 11.3 Å². The molecule has 3 saturated carbocycles. The number of benzene rings is 2. The summed E-state index contributed by atoms with van der Waals surface area (Å²) in [5, 5.41) is 15.1. The fourth-order valence-corrected chi connectivity index (χ4v) is 6.01. The number of fused-ring (bicyclic) bond motifs is 2. The fraction of sp³-hybridized carbons (Fsp3) is 0.500. The van der Waals surface area contributed by atoms with Crippen molar-refractivity contribution in [3.05, 3.63) is 71.8 Å². The summed E-state index contributed by atoms with van der Waals surface area (Å²) in [5.41, 5.74) is 1.18. The van der Waals surface area contributed by atoms with E-state index >= 15 is 0 Å². The van der Waals surface area contributed by atoms with Crippen LogP contribution in [0.4, 0.5) is 0 Å². The number of alkyl halides is 3. The van der Waals surface area contributed by atoms with Crippen LogP contribution in [0.1, 0.15) is 37.8 Å². The smallest absolute Gasteiger partial charge is 0.272 e. The van der Waals surface area contributed by atoms with E-state index in [9.17, 15) is 9.90 Å². The second-order valence-corrected chi connectivity index (χ2v) is 12.5. The van der Waals surface area contributed by atoms with Gasteiger partial charge in [-0.3, -0.25) is 9.69 Å². The summed E-state index contributed by atoms with van der Waals surface area (Å²) in [4.78, 5) is 14.8. The van der Waals surface area contributed by atoms with Gasteiger partial charge in [0.1, 0.15) is 5.60 Å². The highest BCUT2D eigenvalue weighted by Crippen LogP contribution is 2.63. The molecule has 0 aromatic heterocycles. The van der Waals surface area contributed by atoms with Crippen molar-refractivity contribution in [3.63, 3.8) is 0 Å². The molecule has 0 spiro atoms. The molecule has 7 heteroatoms. The van der Waals surface area contributed by atoms with Crippen molar-refractivity contribution >= 4 is 40.7 Å². The molecule has 1 amide bonds. The molecule has 3 aliphatic rings. The Kier molecular flexibility index (Phi) is 7.06. The summed E-state index contributed by atoms with van der Waals surface area (Å²) in [6.45, 7) is 6.19. The van der Waals surface area contributed by atoms with Crippen LogP contribution in [0.25, 0.3) is 0 Å². The van der Waals surface area contributed by atoms with E-state index in [0.29, 0.717) is 32.0 Å². The first-order valence-corrected chi connectivity index (χ1v) is 12.5. The van der Waals surface area contributed by atoms with Gasteiger partial charge in [-0.2, -0.15) is 0 Å². The fourth-order valence-electron chi connectivity index (χ4n) is 5.85. The van der Waals surface area contributed by atoms with Crippen molar-refractivity contribution in [1.29, 1.82) is 0 Å². The lowest BCUT2D eigenvalue weighted by Crippen LogP contribution is -2.74.